The van der Waals surface area contributed by atoms with E-state index in [0.717, 1.165) is 24.6 Å². The molecule has 15 heavy (non-hydrogen) atoms. The second-order valence-electron chi connectivity index (χ2n) is 3.45. The number of nitrogens with two attached hydrogens (primary N) is 1. The smallest absolute Gasteiger partial charge is 0.176 e. The van der Waals surface area contributed by atoms with Crippen LogP contribution in [0.1, 0.15) is 6.42 Å². The van der Waals surface area contributed by atoms with Crippen molar-refractivity contribution in [2.45, 2.75) is 13.0 Å². The molecule has 2 rings (SSSR count). The van der Waals surface area contributed by atoms with Crippen molar-refractivity contribution < 1.29 is 0 Å². The lowest BCUT2D eigenvalue weighted by Crippen LogP contribution is -2.07. The third-order valence-electron chi connectivity index (χ3n) is 2.34. The molecule has 2 N–H and O–H groups in total. The van der Waals surface area contributed by atoms with Crippen LogP contribution in [0.2, 0.25) is 0 Å². The Balaban J connectivity index is 2.29. The van der Waals surface area contributed by atoms with Crippen LogP contribution >= 0.6 is 0 Å². The van der Waals surface area contributed by atoms with Gasteiger partial charge in [-0.1, -0.05) is 0 Å². The van der Waals surface area contributed by atoms with E-state index in [1.807, 2.05) is 24.0 Å². The Labute approximate surface area is 88.6 Å². The average molecular weight is 205 g/mol. The molecule has 2 aromatic rings. The molecule has 0 atom stereocenters. The summed E-state index contributed by atoms with van der Waals surface area (Å²) < 4.78 is 4.04. The van der Waals surface area contributed by atoms with Gasteiger partial charge >= 0.3 is 0 Å². The van der Waals surface area contributed by atoms with Crippen molar-refractivity contribution in [1.82, 2.24) is 19.1 Å². The van der Waals surface area contributed by atoms with E-state index in [-0.39, 0.29) is 0 Å². The molecule has 0 bridgehead atoms. The highest BCUT2D eigenvalue weighted by Gasteiger charge is 2.09. The van der Waals surface area contributed by atoms with Gasteiger partial charge in [0.2, 0.25) is 0 Å². The normalized spacial score (nSPS) is 10.8. The summed E-state index contributed by atoms with van der Waals surface area (Å²) in [6, 6.07) is 0. The van der Waals surface area contributed by atoms with Gasteiger partial charge in [0.1, 0.15) is 0 Å². The van der Waals surface area contributed by atoms with Crippen molar-refractivity contribution in [2.24, 2.45) is 12.8 Å². The zero-order valence-corrected chi connectivity index (χ0v) is 8.80. The predicted molar refractivity (Wildman–Crippen MR) is 58.1 cm³/mol. The second-order valence-corrected chi connectivity index (χ2v) is 3.45. The van der Waals surface area contributed by atoms with Crippen molar-refractivity contribution in [3.05, 3.63) is 24.8 Å². The molecule has 0 radical (unpaired) electrons. The van der Waals surface area contributed by atoms with Gasteiger partial charge in [-0.2, -0.15) is 0 Å². The van der Waals surface area contributed by atoms with Crippen LogP contribution in [-0.4, -0.2) is 25.6 Å². The third-order valence-corrected chi connectivity index (χ3v) is 2.34. The van der Waals surface area contributed by atoms with Crippen LogP contribution < -0.4 is 5.73 Å². The third kappa shape index (κ3) is 1.92. The van der Waals surface area contributed by atoms with Gasteiger partial charge in [-0.25, -0.2) is 9.97 Å². The number of aromatic nitrogens is 4. The predicted octanol–water partition coefficient (Wildman–Crippen LogP) is 0.632. The molecule has 0 aliphatic rings. The van der Waals surface area contributed by atoms with E-state index >= 15 is 0 Å². The molecule has 2 heterocycles. The summed E-state index contributed by atoms with van der Waals surface area (Å²) in [7, 11) is 1.96. The van der Waals surface area contributed by atoms with Gasteiger partial charge in [-0.3, -0.25) is 0 Å². The maximum absolute atomic E-state index is 5.49. The summed E-state index contributed by atoms with van der Waals surface area (Å²) in [6.45, 7) is 1.58. The van der Waals surface area contributed by atoms with Crippen LogP contribution in [0.4, 0.5) is 0 Å². The van der Waals surface area contributed by atoms with Crippen molar-refractivity contribution in [2.75, 3.05) is 6.54 Å². The first kappa shape index (κ1) is 9.92. The second kappa shape index (κ2) is 4.27. The quantitative estimate of drug-likeness (QED) is 0.796. The molecule has 2 aromatic heterocycles. The van der Waals surface area contributed by atoms with Crippen molar-refractivity contribution >= 4 is 0 Å². The minimum absolute atomic E-state index is 0.693. The minimum Gasteiger partial charge on any atom is -0.331 e. The topological polar surface area (TPSA) is 61.7 Å². The Morgan fingerprint density at radius 2 is 1.93 bits per heavy atom. The molecule has 5 nitrogen and oxygen atoms in total. The molecule has 0 fully saturated rings. The first-order valence-corrected chi connectivity index (χ1v) is 5.02. The molecule has 0 saturated heterocycles. The van der Waals surface area contributed by atoms with Crippen LogP contribution in [0.5, 0.6) is 0 Å². The Hall–Kier alpha value is -1.62. The summed E-state index contributed by atoms with van der Waals surface area (Å²) in [5.41, 5.74) is 5.49. The fraction of sp³-hybridized carbons (Fsp3) is 0.400. The number of imidazole rings is 2. The van der Waals surface area contributed by atoms with E-state index in [0.29, 0.717) is 6.54 Å². The lowest BCUT2D eigenvalue weighted by molar-refractivity contribution is 0.651. The van der Waals surface area contributed by atoms with Gasteiger partial charge in [0.05, 0.1) is 0 Å². The molecule has 80 valence electrons. The maximum Gasteiger partial charge on any atom is 0.176 e. The van der Waals surface area contributed by atoms with Gasteiger partial charge in [-0.05, 0) is 13.0 Å². The highest BCUT2D eigenvalue weighted by molar-refractivity contribution is 5.44. The summed E-state index contributed by atoms with van der Waals surface area (Å²) in [5.74, 6) is 1.79. The summed E-state index contributed by atoms with van der Waals surface area (Å²) in [4.78, 5) is 8.59. The van der Waals surface area contributed by atoms with Crippen LogP contribution in [0, 0.1) is 0 Å². The molecule has 0 aromatic carbocycles. The molecule has 0 amide bonds. The van der Waals surface area contributed by atoms with Crippen molar-refractivity contribution in [1.29, 1.82) is 0 Å². The molecule has 0 saturated carbocycles. The van der Waals surface area contributed by atoms with Crippen molar-refractivity contribution in [3.63, 3.8) is 0 Å². The van der Waals surface area contributed by atoms with Gasteiger partial charge in [0.25, 0.3) is 0 Å². The lowest BCUT2D eigenvalue weighted by Gasteiger charge is -2.06. The van der Waals surface area contributed by atoms with Gasteiger partial charge in [0, 0.05) is 38.4 Å². The van der Waals surface area contributed by atoms with Crippen LogP contribution in [0.25, 0.3) is 11.6 Å². The number of hydrogen-bond acceptors (Lipinski definition) is 3. The molecular formula is C10H15N5. The maximum atomic E-state index is 5.49. The van der Waals surface area contributed by atoms with Gasteiger partial charge < -0.3 is 14.9 Å². The monoisotopic (exact) mass is 205 g/mol. The molecule has 0 spiro atoms. The van der Waals surface area contributed by atoms with E-state index < -0.39 is 0 Å². The highest BCUT2D eigenvalue weighted by Crippen LogP contribution is 2.14. The molecule has 0 unspecified atom stereocenters. The van der Waals surface area contributed by atoms with Crippen LogP contribution in [0.3, 0.4) is 0 Å². The van der Waals surface area contributed by atoms with Gasteiger partial charge in [0.15, 0.2) is 11.6 Å². The summed E-state index contributed by atoms with van der Waals surface area (Å²) >= 11 is 0. The Morgan fingerprint density at radius 3 is 2.60 bits per heavy atom. The fourth-order valence-electron chi connectivity index (χ4n) is 1.54. The number of hydrogen-bond donors (Lipinski definition) is 1. The molecular weight excluding hydrogens is 190 g/mol. The highest BCUT2D eigenvalue weighted by atomic mass is 15.1. The zero-order chi connectivity index (χ0) is 10.7. The Bertz CT molecular complexity index is 428. The van der Waals surface area contributed by atoms with E-state index in [1.54, 1.807) is 12.4 Å². The van der Waals surface area contributed by atoms with Gasteiger partial charge in [-0.15, -0.1) is 0 Å². The molecule has 5 heteroatoms. The standard InChI is InChI=1S/C10H15N5/c1-14-7-4-12-9(14)10-13-5-8-15(10)6-2-3-11/h4-5,7-8H,2-3,6,11H2,1H3. The first-order chi connectivity index (χ1) is 7.33. The molecule has 0 aliphatic heterocycles. The average Bonchev–Trinajstić information content (AvgIpc) is 2.82. The lowest BCUT2D eigenvalue weighted by atomic mass is 10.4. The van der Waals surface area contributed by atoms with Crippen LogP contribution in [0.15, 0.2) is 24.8 Å². The van der Waals surface area contributed by atoms with E-state index in [9.17, 15) is 0 Å². The number of rotatable bonds is 4. The largest absolute Gasteiger partial charge is 0.331 e. The van der Waals surface area contributed by atoms with E-state index in [2.05, 4.69) is 14.5 Å². The first-order valence-electron chi connectivity index (χ1n) is 5.02. The zero-order valence-electron chi connectivity index (χ0n) is 8.80. The number of nitrogens with zero attached hydrogens (tertiary/aromatic N) is 4. The molecule has 0 aliphatic carbocycles. The minimum atomic E-state index is 0.693. The van der Waals surface area contributed by atoms with Crippen LogP contribution in [-0.2, 0) is 13.6 Å². The van der Waals surface area contributed by atoms with E-state index in [4.69, 9.17) is 5.73 Å². The Kier molecular flexibility index (Phi) is 2.82. The Morgan fingerprint density at radius 1 is 1.20 bits per heavy atom. The number of aryl methyl sites for hydroxylation is 2. The fourth-order valence-corrected chi connectivity index (χ4v) is 1.54. The summed E-state index contributed by atoms with van der Waals surface area (Å²) in [5, 5.41) is 0. The SMILES string of the molecule is Cn1ccnc1-c1nccn1CCCN. The van der Waals surface area contributed by atoms with Crippen molar-refractivity contribution in [3.8, 4) is 11.6 Å². The summed E-state index contributed by atoms with van der Waals surface area (Å²) in [6.07, 6.45) is 8.39. The van der Waals surface area contributed by atoms with E-state index in [1.165, 1.54) is 0 Å².